The predicted octanol–water partition coefficient (Wildman–Crippen LogP) is 4.54. The normalized spacial score (nSPS) is 16.5. The smallest absolute Gasteiger partial charge is 0.253 e. The topological polar surface area (TPSA) is 66.6 Å². The Kier molecular flexibility index (Phi) is 7.62. The van der Waals surface area contributed by atoms with Gasteiger partial charge in [0.05, 0.1) is 25.3 Å². The quantitative estimate of drug-likeness (QED) is 0.476. The Bertz CT molecular complexity index is 1140. The van der Waals surface area contributed by atoms with Crippen LogP contribution in [-0.2, 0) is 11.3 Å². The molecule has 33 heavy (non-hydrogen) atoms. The molecule has 2 heterocycles. The van der Waals surface area contributed by atoms with Gasteiger partial charge in [0, 0.05) is 29.6 Å². The van der Waals surface area contributed by atoms with Crippen LogP contribution < -0.4 is 15.6 Å². The van der Waals surface area contributed by atoms with Gasteiger partial charge in [-0.05, 0) is 68.7 Å². The summed E-state index contributed by atoms with van der Waals surface area (Å²) in [6.07, 6.45) is 2.16. The van der Waals surface area contributed by atoms with Gasteiger partial charge in [-0.15, -0.1) is 0 Å². The number of nitrogens with zero attached hydrogens (tertiary/aromatic N) is 1. The molecule has 174 valence electrons. The molecule has 0 spiro atoms. The lowest BCUT2D eigenvalue weighted by Gasteiger charge is -2.30. The van der Waals surface area contributed by atoms with Crippen LogP contribution >= 0.6 is 12.2 Å². The van der Waals surface area contributed by atoms with Crippen molar-refractivity contribution in [1.82, 2.24) is 15.2 Å². The average molecular weight is 466 g/mol. The number of nitrogens with one attached hydrogen (secondary N) is 2. The third kappa shape index (κ3) is 5.92. The fourth-order valence-corrected chi connectivity index (χ4v) is 4.48. The van der Waals surface area contributed by atoms with Gasteiger partial charge in [-0.25, -0.2) is 0 Å². The highest BCUT2D eigenvalue weighted by Gasteiger charge is 2.23. The highest BCUT2D eigenvalue weighted by molar-refractivity contribution is 7.80. The maximum atomic E-state index is 12.9. The second kappa shape index (κ2) is 10.8. The van der Waals surface area contributed by atoms with Crippen LogP contribution in [0.3, 0.4) is 0 Å². The summed E-state index contributed by atoms with van der Waals surface area (Å²) in [6, 6.07) is 17.9. The van der Waals surface area contributed by atoms with Crippen LogP contribution in [0.25, 0.3) is 10.9 Å². The van der Waals surface area contributed by atoms with E-state index >= 15 is 0 Å². The molecule has 2 atom stereocenters. The van der Waals surface area contributed by atoms with E-state index in [1.807, 2.05) is 54.3 Å². The van der Waals surface area contributed by atoms with Crippen LogP contribution in [0.5, 0.6) is 5.75 Å². The first-order valence-electron chi connectivity index (χ1n) is 11.5. The summed E-state index contributed by atoms with van der Waals surface area (Å²) in [5.74, 6) is 0.785. The molecule has 1 aromatic heterocycles. The lowest BCUT2D eigenvalue weighted by Crippen LogP contribution is -2.44. The molecule has 4 rings (SSSR count). The minimum absolute atomic E-state index is 0.0503. The van der Waals surface area contributed by atoms with Crippen molar-refractivity contribution in [3.63, 3.8) is 0 Å². The van der Waals surface area contributed by atoms with Gasteiger partial charge < -0.3 is 24.7 Å². The Morgan fingerprint density at radius 3 is 2.82 bits per heavy atom. The van der Waals surface area contributed by atoms with Gasteiger partial charge in [0.25, 0.3) is 5.56 Å². The molecular weight excluding hydrogens is 434 g/mol. The Balaban J connectivity index is 1.57. The lowest BCUT2D eigenvalue weighted by molar-refractivity contribution is 0.0895. The van der Waals surface area contributed by atoms with Crippen molar-refractivity contribution in [3.8, 4) is 5.75 Å². The molecule has 0 radical (unpaired) electrons. The number of thiocarbonyl (C=S) groups is 1. The molecule has 0 saturated carbocycles. The number of aromatic amines is 1. The minimum atomic E-state index is -0.108. The van der Waals surface area contributed by atoms with Gasteiger partial charge in [-0.1, -0.05) is 30.3 Å². The number of hydrogen-bond acceptors (Lipinski definition) is 4. The molecule has 1 aliphatic rings. The zero-order chi connectivity index (χ0) is 23.2. The standard InChI is InChI=1S/C26H31N3O3S/c1-3-31-22-11-12-24-20(15-22)14-21(25(30)28-24)16-29(17-23-10-7-13-32-23)26(33)27-18(2)19-8-5-4-6-9-19/h4-6,8-9,11-12,14-15,18,23H,3,7,10,13,16-17H2,1-2H3,(H,27,33)(H,28,30)/t18-,23+/m0/s1. The number of hydrogen-bond donors (Lipinski definition) is 2. The molecule has 2 N–H and O–H groups in total. The molecule has 3 aromatic rings. The molecule has 0 unspecified atom stereocenters. The second-order valence-electron chi connectivity index (χ2n) is 8.40. The van der Waals surface area contributed by atoms with E-state index in [0.29, 0.717) is 30.4 Å². The molecule has 0 amide bonds. The molecule has 7 heteroatoms. The van der Waals surface area contributed by atoms with Crippen molar-refractivity contribution < 1.29 is 9.47 Å². The van der Waals surface area contributed by atoms with Crippen LogP contribution in [0.15, 0.2) is 59.4 Å². The summed E-state index contributed by atoms with van der Waals surface area (Å²) in [6.45, 7) is 6.45. The maximum Gasteiger partial charge on any atom is 0.253 e. The molecule has 1 aliphatic heterocycles. The first kappa shape index (κ1) is 23.3. The highest BCUT2D eigenvalue weighted by Crippen LogP contribution is 2.21. The first-order valence-corrected chi connectivity index (χ1v) is 11.9. The minimum Gasteiger partial charge on any atom is -0.494 e. The summed E-state index contributed by atoms with van der Waals surface area (Å²) in [4.78, 5) is 17.9. The van der Waals surface area contributed by atoms with E-state index < -0.39 is 0 Å². The summed E-state index contributed by atoms with van der Waals surface area (Å²) in [5, 5.41) is 4.99. The maximum absolute atomic E-state index is 12.9. The summed E-state index contributed by atoms with van der Waals surface area (Å²) < 4.78 is 11.5. The first-order chi connectivity index (χ1) is 16.0. The molecule has 1 saturated heterocycles. The summed E-state index contributed by atoms with van der Waals surface area (Å²) >= 11 is 5.81. The fourth-order valence-electron chi connectivity index (χ4n) is 4.16. The van der Waals surface area contributed by atoms with Crippen molar-refractivity contribution in [2.45, 2.75) is 45.4 Å². The molecular formula is C26H31N3O3S. The molecule has 0 aliphatic carbocycles. The Morgan fingerprint density at radius 2 is 2.09 bits per heavy atom. The third-order valence-corrected chi connectivity index (χ3v) is 6.32. The number of rotatable bonds is 8. The number of aromatic nitrogens is 1. The lowest BCUT2D eigenvalue weighted by atomic mass is 10.1. The average Bonchev–Trinajstić information content (AvgIpc) is 3.33. The monoisotopic (exact) mass is 465 g/mol. The third-order valence-electron chi connectivity index (χ3n) is 5.94. The number of H-pyrrole nitrogens is 1. The van der Waals surface area contributed by atoms with Gasteiger partial charge in [0.15, 0.2) is 5.11 Å². The zero-order valence-corrected chi connectivity index (χ0v) is 20.0. The van der Waals surface area contributed by atoms with Crippen LogP contribution in [0.1, 0.15) is 43.9 Å². The van der Waals surface area contributed by atoms with Crippen LogP contribution in [0.2, 0.25) is 0 Å². The van der Waals surface area contributed by atoms with E-state index in [1.54, 1.807) is 0 Å². The molecule has 6 nitrogen and oxygen atoms in total. The molecule has 2 aromatic carbocycles. The molecule has 0 bridgehead atoms. The number of benzene rings is 2. The van der Waals surface area contributed by atoms with Crippen molar-refractivity contribution in [1.29, 1.82) is 0 Å². The number of fused-ring (bicyclic) bond motifs is 1. The van der Waals surface area contributed by atoms with Crippen molar-refractivity contribution >= 4 is 28.2 Å². The summed E-state index contributed by atoms with van der Waals surface area (Å²) in [5.41, 5.74) is 2.49. The van der Waals surface area contributed by atoms with Gasteiger partial charge in [0.1, 0.15) is 5.75 Å². The Hall–Kier alpha value is -2.90. The van der Waals surface area contributed by atoms with Gasteiger partial charge in [0.2, 0.25) is 0 Å². The van der Waals surface area contributed by atoms with E-state index in [0.717, 1.165) is 41.7 Å². The predicted molar refractivity (Wildman–Crippen MR) is 136 cm³/mol. The molecule has 1 fully saturated rings. The van der Waals surface area contributed by atoms with Gasteiger partial charge in [-0.2, -0.15) is 0 Å². The van der Waals surface area contributed by atoms with E-state index in [4.69, 9.17) is 21.7 Å². The van der Waals surface area contributed by atoms with Crippen LogP contribution in [0, 0.1) is 0 Å². The zero-order valence-electron chi connectivity index (χ0n) is 19.2. The largest absolute Gasteiger partial charge is 0.494 e. The van der Waals surface area contributed by atoms with Crippen LogP contribution in [-0.4, -0.2) is 40.9 Å². The van der Waals surface area contributed by atoms with Crippen molar-refractivity contribution in [3.05, 3.63) is 76.1 Å². The van der Waals surface area contributed by atoms with E-state index in [2.05, 4.69) is 29.4 Å². The summed E-state index contributed by atoms with van der Waals surface area (Å²) in [7, 11) is 0. The fraction of sp³-hybridized carbons (Fsp3) is 0.385. The van der Waals surface area contributed by atoms with Crippen molar-refractivity contribution in [2.75, 3.05) is 19.8 Å². The highest BCUT2D eigenvalue weighted by atomic mass is 32.1. The second-order valence-corrected chi connectivity index (χ2v) is 8.79. The van der Waals surface area contributed by atoms with Crippen molar-refractivity contribution in [2.24, 2.45) is 0 Å². The van der Waals surface area contributed by atoms with Gasteiger partial charge >= 0.3 is 0 Å². The number of pyridine rings is 1. The Morgan fingerprint density at radius 1 is 1.27 bits per heavy atom. The van der Waals surface area contributed by atoms with E-state index in [9.17, 15) is 4.79 Å². The van der Waals surface area contributed by atoms with Gasteiger partial charge in [-0.3, -0.25) is 4.79 Å². The van der Waals surface area contributed by atoms with E-state index in [-0.39, 0.29) is 17.7 Å². The Labute approximate surface area is 199 Å². The van der Waals surface area contributed by atoms with Crippen LogP contribution in [0.4, 0.5) is 0 Å². The van der Waals surface area contributed by atoms with E-state index in [1.165, 1.54) is 0 Å². The SMILES string of the molecule is CCOc1ccc2[nH]c(=O)c(CN(C[C@H]3CCCO3)C(=S)N[C@@H](C)c3ccccc3)cc2c1. The number of ether oxygens (including phenoxy) is 2.